The molecule has 0 bridgehead atoms. The predicted octanol–water partition coefficient (Wildman–Crippen LogP) is 4.57. The number of benzene rings is 2. The van der Waals surface area contributed by atoms with Gasteiger partial charge in [-0.3, -0.25) is 15.0 Å². The first kappa shape index (κ1) is 26.4. The maximum Gasteiger partial charge on any atom is 0.416 e. The number of nitrogens with one attached hydrogen (secondary N) is 1. The Morgan fingerprint density at radius 2 is 1.84 bits per heavy atom. The number of methoxy groups -OCH3 is 1. The van der Waals surface area contributed by atoms with Crippen LogP contribution in [-0.4, -0.2) is 59.8 Å². The van der Waals surface area contributed by atoms with Crippen molar-refractivity contribution in [3.05, 3.63) is 59.2 Å². The quantitative estimate of drug-likeness (QED) is 0.295. The number of likely N-dealkylation sites (tertiary alicyclic amines) is 1. The molecule has 1 aliphatic heterocycles. The Morgan fingerprint density at radius 3 is 2.51 bits per heavy atom. The second-order valence-electron chi connectivity index (χ2n) is 9.82. The molecular weight excluding hydrogens is 468 g/mol. The zero-order valence-corrected chi connectivity index (χ0v) is 21.8. The van der Waals surface area contributed by atoms with E-state index in [0.29, 0.717) is 37.9 Å². The molecule has 196 valence electrons. The largest absolute Gasteiger partial charge is 0.452 e. The molecular formula is C29H36N4O4. The summed E-state index contributed by atoms with van der Waals surface area (Å²) in [5, 5.41) is 7.46. The van der Waals surface area contributed by atoms with Crippen molar-refractivity contribution >= 4 is 23.7 Å². The van der Waals surface area contributed by atoms with Crippen LogP contribution in [0.3, 0.4) is 0 Å². The lowest BCUT2D eigenvalue weighted by Crippen LogP contribution is -2.40. The predicted molar refractivity (Wildman–Crippen MR) is 142 cm³/mol. The zero-order chi connectivity index (χ0) is 26.7. The standard InChI is InChI=1S/C29H36N4O4/c1-4-32(5-2)27(34)21-10-8-9-18(15-21)19-13-14-20-17-24-26(23(20)16-19)22(11-6-7-12-25(30)31)28(35)33(24)29(36)37-3/h8-10,13-16,22,24,26H,4-7,11-12,17H2,1-3H3,(H3,30,31)/t22-,24+,26+/m0/s1. The van der Waals surface area contributed by atoms with Crippen LogP contribution in [0.2, 0.25) is 0 Å². The number of fused-ring (bicyclic) bond motifs is 3. The molecule has 1 heterocycles. The summed E-state index contributed by atoms with van der Waals surface area (Å²) in [6.07, 6.45) is 2.60. The minimum Gasteiger partial charge on any atom is -0.452 e. The Balaban J connectivity index is 1.66. The number of amidine groups is 1. The lowest BCUT2D eigenvalue weighted by atomic mass is 9.83. The topological polar surface area (TPSA) is 117 Å². The van der Waals surface area contributed by atoms with Crippen LogP contribution in [0.1, 0.15) is 66.9 Å². The summed E-state index contributed by atoms with van der Waals surface area (Å²) in [6.45, 7) is 5.25. The summed E-state index contributed by atoms with van der Waals surface area (Å²) in [5.74, 6) is -0.478. The Kier molecular flexibility index (Phi) is 7.95. The highest BCUT2D eigenvalue weighted by Crippen LogP contribution is 2.49. The van der Waals surface area contributed by atoms with Gasteiger partial charge in [-0.2, -0.15) is 0 Å². The number of nitrogens with two attached hydrogens (primary N) is 1. The van der Waals surface area contributed by atoms with Gasteiger partial charge in [0.15, 0.2) is 0 Å². The molecule has 2 aromatic carbocycles. The van der Waals surface area contributed by atoms with Crippen molar-refractivity contribution in [1.82, 2.24) is 9.80 Å². The van der Waals surface area contributed by atoms with Gasteiger partial charge < -0.3 is 15.4 Å². The van der Waals surface area contributed by atoms with Crippen molar-refractivity contribution in [1.29, 1.82) is 5.41 Å². The van der Waals surface area contributed by atoms with Crippen molar-refractivity contribution in [2.75, 3.05) is 20.2 Å². The van der Waals surface area contributed by atoms with E-state index in [-0.39, 0.29) is 35.5 Å². The summed E-state index contributed by atoms with van der Waals surface area (Å²) in [7, 11) is 1.30. The van der Waals surface area contributed by atoms with E-state index in [1.54, 1.807) is 4.90 Å². The van der Waals surface area contributed by atoms with E-state index in [2.05, 4.69) is 12.1 Å². The van der Waals surface area contributed by atoms with Crippen LogP contribution in [0.15, 0.2) is 42.5 Å². The number of nitrogens with zero attached hydrogens (tertiary/aromatic N) is 2. The summed E-state index contributed by atoms with van der Waals surface area (Å²) < 4.78 is 4.97. The van der Waals surface area contributed by atoms with Gasteiger partial charge in [0.25, 0.3) is 5.91 Å². The SMILES string of the molecule is CCN(CC)C(=O)c1cccc(-c2ccc3c(c2)[C@H]2[C@H](CCCCC(=N)N)C(=O)N(C(=O)OC)[C@@H]2C3)c1. The highest BCUT2D eigenvalue weighted by molar-refractivity contribution is 5.97. The first-order valence-corrected chi connectivity index (χ1v) is 13.1. The van der Waals surface area contributed by atoms with E-state index in [1.807, 2.05) is 44.2 Å². The highest BCUT2D eigenvalue weighted by atomic mass is 16.5. The smallest absolute Gasteiger partial charge is 0.416 e. The van der Waals surface area contributed by atoms with Gasteiger partial charge in [-0.25, -0.2) is 9.69 Å². The van der Waals surface area contributed by atoms with E-state index in [4.69, 9.17) is 15.9 Å². The minimum atomic E-state index is -0.609. The summed E-state index contributed by atoms with van der Waals surface area (Å²) in [4.78, 5) is 42.0. The number of ether oxygens (including phenoxy) is 1. The van der Waals surface area contributed by atoms with Crippen LogP contribution in [0.4, 0.5) is 4.79 Å². The first-order valence-electron chi connectivity index (χ1n) is 13.1. The van der Waals surface area contributed by atoms with Crippen molar-refractivity contribution < 1.29 is 19.1 Å². The number of hydrogen-bond donors (Lipinski definition) is 2. The Labute approximate surface area is 218 Å². The lowest BCUT2D eigenvalue weighted by molar-refractivity contribution is -0.130. The molecule has 8 heteroatoms. The third kappa shape index (κ3) is 5.10. The van der Waals surface area contributed by atoms with Crippen LogP contribution in [0.25, 0.3) is 11.1 Å². The Hall–Kier alpha value is -3.68. The molecule has 0 aromatic heterocycles. The average molecular weight is 505 g/mol. The molecule has 1 aliphatic carbocycles. The van der Waals surface area contributed by atoms with Gasteiger partial charge in [0, 0.05) is 36.9 Å². The fraction of sp³-hybridized carbons (Fsp3) is 0.448. The number of carbonyl (C=O) groups is 3. The number of carbonyl (C=O) groups excluding carboxylic acids is 3. The highest BCUT2D eigenvalue weighted by Gasteiger charge is 2.54. The van der Waals surface area contributed by atoms with Crippen LogP contribution in [-0.2, 0) is 16.0 Å². The number of amides is 3. The molecule has 3 amide bonds. The summed E-state index contributed by atoms with van der Waals surface area (Å²) >= 11 is 0. The normalized spacial score (nSPS) is 19.9. The molecule has 37 heavy (non-hydrogen) atoms. The van der Waals surface area contributed by atoms with Crippen LogP contribution >= 0.6 is 0 Å². The van der Waals surface area contributed by atoms with Crippen molar-refractivity contribution in [2.24, 2.45) is 11.7 Å². The van der Waals surface area contributed by atoms with Gasteiger partial charge in [0.1, 0.15) is 0 Å². The van der Waals surface area contributed by atoms with Crippen molar-refractivity contribution in [3.63, 3.8) is 0 Å². The van der Waals surface area contributed by atoms with Gasteiger partial charge in [0.2, 0.25) is 5.91 Å². The molecule has 2 aliphatic rings. The zero-order valence-electron chi connectivity index (χ0n) is 21.8. The van der Waals surface area contributed by atoms with Crippen LogP contribution in [0, 0.1) is 11.3 Å². The molecule has 0 spiro atoms. The molecule has 0 saturated carbocycles. The molecule has 1 saturated heterocycles. The third-order valence-electron chi connectivity index (χ3n) is 7.74. The van der Waals surface area contributed by atoms with Gasteiger partial charge >= 0.3 is 6.09 Å². The van der Waals surface area contributed by atoms with Gasteiger partial charge in [0.05, 0.1) is 19.0 Å². The van der Waals surface area contributed by atoms with Crippen LogP contribution < -0.4 is 5.73 Å². The van der Waals surface area contributed by atoms with E-state index >= 15 is 0 Å². The molecule has 4 rings (SSSR count). The van der Waals surface area contributed by atoms with Crippen molar-refractivity contribution in [2.45, 2.75) is 57.9 Å². The third-order valence-corrected chi connectivity index (χ3v) is 7.74. The van der Waals surface area contributed by atoms with Crippen molar-refractivity contribution in [3.8, 4) is 11.1 Å². The van der Waals surface area contributed by atoms with E-state index in [0.717, 1.165) is 35.1 Å². The molecule has 1 fully saturated rings. The number of hydrogen-bond acceptors (Lipinski definition) is 5. The van der Waals surface area contributed by atoms with Gasteiger partial charge in [-0.05, 0) is 67.5 Å². The fourth-order valence-electron chi connectivity index (χ4n) is 5.89. The molecule has 3 atom stereocenters. The second-order valence-corrected chi connectivity index (χ2v) is 9.82. The van der Waals surface area contributed by atoms with Gasteiger partial charge in [-0.1, -0.05) is 36.8 Å². The lowest BCUT2D eigenvalue weighted by Gasteiger charge is -2.20. The summed E-state index contributed by atoms with van der Waals surface area (Å²) in [5.41, 5.74) is 10.3. The second kappa shape index (κ2) is 11.2. The van der Waals surface area contributed by atoms with E-state index in [1.165, 1.54) is 12.0 Å². The van der Waals surface area contributed by atoms with Crippen LogP contribution in [0.5, 0.6) is 0 Å². The molecule has 2 aromatic rings. The Morgan fingerprint density at radius 1 is 1.11 bits per heavy atom. The maximum atomic E-state index is 13.4. The maximum absolute atomic E-state index is 13.4. The first-order chi connectivity index (χ1) is 17.8. The average Bonchev–Trinajstić information content (AvgIpc) is 3.39. The number of rotatable bonds is 9. The van der Waals surface area contributed by atoms with E-state index < -0.39 is 6.09 Å². The monoisotopic (exact) mass is 504 g/mol. The Bertz CT molecular complexity index is 1210. The summed E-state index contributed by atoms with van der Waals surface area (Å²) in [6, 6.07) is 13.6. The fourth-order valence-corrected chi connectivity index (χ4v) is 5.89. The van der Waals surface area contributed by atoms with E-state index in [9.17, 15) is 14.4 Å². The molecule has 0 unspecified atom stereocenters. The number of unbranched alkanes of at least 4 members (excludes halogenated alkanes) is 1. The molecule has 3 N–H and O–H groups in total. The molecule has 8 nitrogen and oxygen atoms in total. The minimum absolute atomic E-state index is 0.00816. The number of imide groups is 1. The van der Waals surface area contributed by atoms with Gasteiger partial charge in [-0.15, -0.1) is 0 Å². The molecule has 0 radical (unpaired) electrons.